The van der Waals surface area contributed by atoms with Crippen LogP contribution >= 0.6 is 0 Å². The van der Waals surface area contributed by atoms with Gasteiger partial charge >= 0.3 is 0 Å². The number of carbonyl (C=O) groups excluding carboxylic acids is 4. The van der Waals surface area contributed by atoms with E-state index in [1.54, 1.807) is 12.1 Å². The lowest BCUT2D eigenvalue weighted by atomic mass is 9.92. The van der Waals surface area contributed by atoms with Gasteiger partial charge in [-0.25, -0.2) is 17.6 Å². The standard InChI is InChI=1S/2C18H19F2N3O3/c1-18(2,3)14-9-15(22-26-14)21-17(25)13-6-7-16(24)23(13)10-4-5-11(19)12(20)8-10;1-18(2,3)14-9-15(26-22-14)21-17(25)13-6-7-16(24)23(13)10-4-5-11(19)12(20)8-10/h4-5,8-9,13H,6-7H2,1-3H3,(H,21,22,25);4-5,8-9,13H,6-7H2,1-3H3,(H,21,25)/t2*13-/m00/s1. The van der Waals surface area contributed by atoms with Gasteiger partial charge in [-0.15, -0.1) is 0 Å². The van der Waals surface area contributed by atoms with E-state index < -0.39 is 47.2 Å². The number of nitrogens with one attached hydrogen (secondary N) is 2. The maximum atomic E-state index is 13.5. The van der Waals surface area contributed by atoms with Gasteiger partial charge in [0.05, 0.1) is 5.69 Å². The number of amides is 4. The highest BCUT2D eigenvalue weighted by molar-refractivity contribution is 6.08. The van der Waals surface area contributed by atoms with E-state index in [2.05, 4.69) is 20.9 Å². The third-order valence-corrected chi connectivity index (χ3v) is 8.42. The molecule has 4 heterocycles. The second-order valence-corrected chi connectivity index (χ2v) is 14.5. The predicted octanol–water partition coefficient (Wildman–Crippen LogP) is 6.77. The van der Waals surface area contributed by atoms with Gasteiger partial charge in [0, 0.05) is 59.3 Å². The second kappa shape index (κ2) is 14.6. The topological polar surface area (TPSA) is 151 Å². The maximum absolute atomic E-state index is 13.5. The van der Waals surface area contributed by atoms with Crippen LogP contribution in [0.5, 0.6) is 0 Å². The molecule has 2 saturated heterocycles. The lowest BCUT2D eigenvalue weighted by Gasteiger charge is -2.23. The van der Waals surface area contributed by atoms with Gasteiger partial charge in [-0.3, -0.25) is 34.3 Å². The van der Waals surface area contributed by atoms with Crippen LogP contribution in [0.2, 0.25) is 0 Å². The van der Waals surface area contributed by atoms with Crippen LogP contribution in [0.1, 0.15) is 78.7 Å². The van der Waals surface area contributed by atoms with E-state index in [4.69, 9.17) is 9.05 Å². The predicted molar refractivity (Wildman–Crippen MR) is 181 cm³/mol. The van der Waals surface area contributed by atoms with E-state index in [0.29, 0.717) is 11.5 Å². The van der Waals surface area contributed by atoms with Crippen LogP contribution in [0.25, 0.3) is 0 Å². The molecule has 2 atom stereocenters. The third-order valence-electron chi connectivity index (χ3n) is 8.42. The first-order valence-electron chi connectivity index (χ1n) is 16.4. The van der Waals surface area contributed by atoms with Crippen LogP contribution in [0.3, 0.4) is 0 Å². The van der Waals surface area contributed by atoms with Gasteiger partial charge in [0.15, 0.2) is 29.1 Å². The van der Waals surface area contributed by atoms with E-state index in [-0.39, 0.29) is 71.4 Å². The van der Waals surface area contributed by atoms with E-state index in [0.717, 1.165) is 24.3 Å². The molecule has 2 aromatic heterocycles. The molecular formula is C36H38F4N6O6. The Hall–Kier alpha value is -5.54. The molecule has 0 aliphatic carbocycles. The van der Waals surface area contributed by atoms with Crippen molar-refractivity contribution in [2.24, 2.45) is 0 Å². The van der Waals surface area contributed by atoms with Crippen molar-refractivity contribution in [1.82, 2.24) is 10.3 Å². The molecule has 2 fully saturated rings. The fourth-order valence-corrected chi connectivity index (χ4v) is 5.57. The summed E-state index contributed by atoms with van der Waals surface area (Å²) in [6.45, 7) is 11.7. The smallest absolute Gasteiger partial charge is 0.249 e. The molecule has 52 heavy (non-hydrogen) atoms. The quantitative estimate of drug-likeness (QED) is 0.207. The minimum absolute atomic E-state index is 0.138. The summed E-state index contributed by atoms with van der Waals surface area (Å²) in [4.78, 5) is 51.9. The van der Waals surface area contributed by atoms with Crippen molar-refractivity contribution in [3.8, 4) is 0 Å². The van der Waals surface area contributed by atoms with Crippen molar-refractivity contribution < 1.29 is 45.8 Å². The van der Waals surface area contributed by atoms with Gasteiger partial charge in [-0.1, -0.05) is 51.9 Å². The summed E-state index contributed by atoms with van der Waals surface area (Å²) in [6, 6.07) is 7.79. The molecule has 4 amide bonds. The maximum Gasteiger partial charge on any atom is 0.249 e. The Morgan fingerprint density at radius 3 is 1.60 bits per heavy atom. The fraction of sp³-hybridized carbons (Fsp3) is 0.389. The van der Waals surface area contributed by atoms with Crippen LogP contribution < -0.4 is 20.4 Å². The van der Waals surface area contributed by atoms with Crippen molar-refractivity contribution in [2.45, 2.75) is 90.1 Å². The molecule has 0 spiro atoms. The molecule has 0 radical (unpaired) electrons. The number of anilines is 4. The molecular weight excluding hydrogens is 688 g/mol. The summed E-state index contributed by atoms with van der Waals surface area (Å²) < 4.78 is 63.7. The van der Waals surface area contributed by atoms with Crippen LogP contribution in [-0.4, -0.2) is 46.0 Å². The number of rotatable bonds is 6. The van der Waals surface area contributed by atoms with Crippen molar-refractivity contribution in [2.75, 3.05) is 20.4 Å². The highest BCUT2D eigenvalue weighted by Gasteiger charge is 2.39. The SMILES string of the molecule is CC(C)(C)c1cc(NC(=O)[C@@H]2CCC(=O)N2c2ccc(F)c(F)c2)no1.CC(C)(C)c1cc(NC(=O)[C@@H]2CCC(=O)N2c2ccc(F)c(F)c2)on1. The van der Waals surface area contributed by atoms with Crippen LogP contribution in [0.4, 0.5) is 40.6 Å². The zero-order valence-corrected chi connectivity index (χ0v) is 29.4. The Bertz CT molecular complexity index is 1860. The van der Waals surface area contributed by atoms with Crippen molar-refractivity contribution in [3.63, 3.8) is 0 Å². The summed E-state index contributed by atoms with van der Waals surface area (Å²) in [7, 11) is 0. The molecule has 4 aromatic rings. The number of carbonyl (C=O) groups is 4. The summed E-state index contributed by atoms with van der Waals surface area (Å²) in [5.74, 6) is -4.76. The minimum atomic E-state index is -1.08. The Morgan fingerprint density at radius 2 is 1.17 bits per heavy atom. The number of benzene rings is 2. The van der Waals surface area contributed by atoms with E-state index in [1.165, 1.54) is 21.9 Å². The van der Waals surface area contributed by atoms with Gasteiger partial charge in [0.25, 0.3) is 0 Å². The molecule has 276 valence electrons. The molecule has 2 aliphatic heterocycles. The number of nitrogens with zero attached hydrogens (tertiary/aromatic N) is 4. The van der Waals surface area contributed by atoms with Gasteiger partial charge in [0.2, 0.25) is 29.5 Å². The second-order valence-electron chi connectivity index (χ2n) is 14.5. The van der Waals surface area contributed by atoms with Crippen molar-refractivity contribution in [1.29, 1.82) is 0 Å². The van der Waals surface area contributed by atoms with Crippen LogP contribution in [0.15, 0.2) is 57.6 Å². The molecule has 16 heteroatoms. The summed E-state index contributed by atoms with van der Waals surface area (Å²) in [6.07, 6.45) is 0.821. The fourth-order valence-electron chi connectivity index (χ4n) is 5.57. The third kappa shape index (κ3) is 8.32. The van der Waals surface area contributed by atoms with Crippen LogP contribution in [-0.2, 0) is 30.0 Å². The van der Waals surface area contributed by atoms with Crippen LogP contribution in [0, 0.1) is 23.3 Å². The Morgan fingerprint density at radius 1 is 0.673 bits per heavy atom. The highest BCUT2D eigenvalue weighted by Crippen LogP contribution is 2.31. The minimum Gasteiger partial charge on any atom is -0.359 e. The van der Waals surface area contributed by atoms with E-state index in [9.17, 15) is 36.7 Å². The molecule has 0 saturated carbocycles. The van der Waals surface area contributed by atoms with E-state index >= 15 is 0 Å². The molecule has 2 N–H and O–H groups in total. The summed E-state index contributed by atoms with van der Waals surface area (Å²) >= 11 is 0. The summed E-state index contributed by atoms with van der Waals surface area (Å²) in [5.41, 5.74) is 0.444. The van der Waals surface area contributed by atoms with Crippen molar-refractivity contribution in [3.05, 3.63) is 83.3 Å². The van der Waals surface area contributed by atoms with Gasteiger partial charge in [-0.05, 0) is 37.1 Å². The molecule has 2 aromatic carbocycles. The molecule has 12 nitrogen and oxygen atoms in total. The number of halogens is 4. The monoisotopic (exact) mass is 726 g/mol. The van der Waals surface area contributed by atoms with E-state index in [1.807, 2.05) is 41.5 Å². The van der Waals surface area contributed by atoms with Crippen molar-refractivity contribution >= 4 is 46.7 Å². The first kappa shape index (κ1) is 37.7. The largest absolute Gasteiger partial charge is 0.359 e. The average Bonchev–Trinajstić information content (AvgIpc) is 3.87. The Kier molecular flexibility index (Phi) is 10.6. The first-order chi connectivity index (χ1) is 24.3. The molecule has 2 aliphatic rings. The number of hydrogen-bond donors (Lipinski definition) is 2. The highest BCUT2D eigenvalue weighted by atomic mass is 19.2. The Labute approximate surface area is 296 Å². The lowest BCUT2D eigenvalue weighted by Crippen LogP contribution is -2.41. The number of aromatic nitrogens is 2. The zero-order valence-electron chi connectivity index (χ0n) is 29.4. The molecule has 0 bridgehead atoms. The molecule has 6 rings (SSSR count). The van der Waals surface area contributed by atoms with Gasteiger partial charge in [0.1, 0.15) is 17.8 Å². The first-order valence-corrected chi connectivity index (χ1v) is 16.4. The average molecular weight is 727 g/mol. The Balaban J connectivity index is 0.000000201. The lowest BCUT2D eigenvalue weighted by molar-refractivity contribution is -0.120. The zero-order chi connectivity index (χ0) is 38.1. The normalized spacial score (nSPS) is 17.7. The van der Waals surface area contributed by atoms with Gasteiger partial charge in [-0.2, -0.15) is 0 Å². The molecule has 0 unspecified atom stereocenters. The number of hydrogen-bond acceptors (Lipinski definition) is 8. The van der Waals surface area contributed by atoms with Gasteiger partial charge < -0.3 is 14.4 Å². The summed E-state index contributed by atoms with van der Waals surface area (Å²) in [5, 5.41) is 12.9.